The van der Waals surface area contributed by atoms with Crippen LogP contribution in [-0.2, 0) is 0 Å². The monoisotopic (exact) mass is 687 g/mol. The summed E-state index contributed by atoms with van der Waals surface area (Å²) in [7, 11) is 0. The van der Waals surface area contributed by atoms with Crippen molar-refractivity contribution < 1.29 is 4.42 Å². The SMILES string of the molecule is c1ccc(-c2ccc(N(c3ccc(-c4ccc5c(ccc6ccc7ccccc7c65)c4)cc3)c3ccc4c(c3)oc3cc5ccccc5cc34)cc2)cc1. The summed E-state index contributed by atoms with van der Waals surface area (Å²) < 4.78 is 6.54. The van der Waals surface area contributed by atoms with Gasteiger partial charge in [-0.05, 0) is 120 Å². The van der Waals surface area contributed by atoms with Crippen LogP contribution in [0, 0.1) is 0 Å². The predicted molar refractivity (Wildman–Crippen MR) is 229 cm³/mol. The largest absolute Gasteiger partial charge is 0.456 e. The van der Waals surface area contributed by atoms with Crippen molar-refractivity contribution in [2.45, 2.75) is 0 Å². The lowest BCUT2D eigenvalue weighted by molar-refractivity contribution is 0.669. The Kier molecular flexibility index (Phi) is 6.90. The first-order valence-corrected chi connectivity index (χ1v) is 18.5. The van der Waals surface area contributed by atoms with Gasteiger partial charge in [-0.25, -0.2) is 0 Å². The van der Waals surface area contributed by atoms with E-state index in [-0.39, 0.29) is 0 Å². The maximum Gasteiger partial charge on any atom is 0.137 e. The topological polar surface area (TPSA) is 16.4 Å². The molecule has 11 rings (SSSR count). The minimum absolute atomic E-state index is 0.872. The highest BCUT2D eigenvalue weighted by Crippen LogP contribution is 2.41. The maximum absolute atomic E-state index is 6.54. The molecule has 2 heteroatoms. The molecule has 11 aromatic rings. The molecular weight excluding hydrogens is 655 g/mol. The van der Waals surface area contributed by atoms with Gasteiger partial charge in [0.1, 0.15) is 11.2 Å². The molecule has 1 heterocycles. The van der Waals surface area contributed by atoms with Gasteiger partial charge < -0.3 is 9.32 Å². The normalized spacial score (nSPS) is 11.7. The molecule has 0 aliphatic rings. The van der Waals surface area contributed by atoms with E-state index in [9.17, 15) is 0 Å². The van der Waals surface area contributed by atoms with E-state index in [0.29, 0.717) is 0 Å². The third-order valence-electron chi connectivity index (χ3n) is 11.0. The zero-order valence-electron chi connectivity index (χ0n) is 29.4. The van der Waals surface area contributed by atoms with Crippen LogP contribution in [0.5, 0.6) is 0 Å². The van der Waals surface area contributed by atoms with Gasteiger partial charge in [-0.2, -0.15) is 0 Å². The van der Waals surface area contributed by atoms with Crippen LogP contribution in [-0.4, -0.2) is 0 Å². The first kappa shape index (κ1) is 30.5. The van der Waals surface area contributed by atoms with Crippen molar-refractivity contribution in [1.29, 1.82) is 0 Å². The van der Waals surface area contributed by atoms with Crippen molar-refractivity contribution in [2.24, 2.45) is 0 Å². The van der Waals surface area contributed by atoms with Gasteiger partial charge >= 0.3 is 0 Å². The van der Waals surface area contributed by atoms with Crippen LogP contribution in [0.1, 0.15) is 0 Å². The molecular formula is C52H33NO. The molecule has 0 atom stereocenters. The van der Waals surface area contributed by atoms with Gasteiger partial charge in [-0.15, -0.1) is 0 Å². The number of hydrogen-bond donors (Lipinski definition) is 0. The molecule has 0 aliphatic heterocycles. The molecule has 54 heavy (non-hydrogen) atoms. The molecule has 1 aromatic heterocycles. The zero-order chi connectivity index (χ0) is 35.6. The van der Waals surface area contributed by atoms with Gasteiger partial charge in [-0.1, -0.05) is 140 Å². The summed E-state index contributed by atoms with van der Waals surface area (Å²) in [6.07, 6.45) is 0. The van der Waals surface area contributed by atoms with Crippen LogP contribution < -0.4 is 4.90 Å². The Bertz CT molecular complexity index is 3190. The number of nitrogens with zero attached hydrogens (tertiary/aromatic N) is 1. The lowest BCUT2D eigenvalue weighted by Gasteiger charge is -2.26. The Morgan fingerprint density at radius 2 is 0.796 bits per heavy atom. The first-order valence-electron chi connectivity index (χ1n) is 18.5. The highest BCUT2D eigenvalue weighted by atomic mass is 16.3. The summed E-state index contributed by atoms with van der Waals surface area (Å²) >= 11 is 0. The van der Waals surface area contributed by atoms with Crippen molar-refractivity contribution >= 4 is 82.1 Å². The highest BCUT2D eigenvalue weighted by Gasteiger charge is 2.17. The number of furan rings is 1. The molecule has 0 aliphatic carbocycles. The fraction of sp³-hybridized carbons (Fsp3) is 0. The van der Waals surface area contributed by atoms with E-state index in [1.54, 1.807) is 0 Å². The standard InChI is InChI=1S/C52H33NO/c1-2-8-34(9-3-1)35-18-23-43(24-19-35)53(45-27-29-48-49-31-39-11-4-5-12-40(39)32-50(49)54-51(48)33-45)44-25-20-36(21-26-44)41-22-28-47-42(30-41)17-16-38-15-14-37-10-6-7-13-46(37)52(38)47/h1-33H. The maximum atomic E-state index is 6.54. The summed E-state index contributed by atoms with van der Waals surface area (Å²) in [5, 5.41) is 12.3. The van der Waals surface area contributed by atoms with Gasteiger partial charge in [-0.3, -0.25) is 0 Å². The van der Waals surface area contributed by atoms with E-state index in [1.807, 2.05) is 0 Å². The molecule has 0 fully saturated rings. The van der Waals surface area contributed by atoms with Gasteiger partial charge in [0.05, 0.1) is 0 Å². The Morgan fingerprint density at radius 3 is 1.56 bits per heavy atom. The molecule has 2 nitrogen and oxygen atoms in total. The molecule has 252 valence electrons. The fourth-order valence-electron chi connectivity index (χ4n) is 8.29. The van der Waals surface area contributed by atoms with Crippen LogP contribution >= 0.6 is 0 Å². The number of fused-ring (bicyclic) bond motifs is 9. The molecule has 0 N–H and O–H groups in total. The van der Waals surface area contributed by atoms with E-state index in [2.05, 4.69) is 205 Å². The van der Waals surface area contributed by atoms with Gasteiger partial charge in [0.2, 0.25) is 0 Å². The van der Waals surface area contributed by atoms with E-state index in [4.69, 9.17) is 4.42 Å². The van der Waals surface area contributed by atoms with Crippen molar-refractivity contribution in [3.63, 3.8) is 0 Å². The number of hydrogen-bond acceptors (Lipinski definition) is 2. The second-order valence-electron chi connectivity index (χ2n) is 14.2. The molecule has 0 saturated carbocycles. The average Bonchev–Trinajstić information content (AvgIpc) is 3.59. The van der Waals surface area contributed by atoms with Crippen LogP contribution in [0.2, 0.25) is 0 Å². The Labute approximate surface area is 312 Å². The fourth-order valence-corrected chi connectivity index (χ4v) is 8.29. The molecule has 0 spiro atoms. The van der Waals surface area contributed by atoms with E-state index < -0.39 is 0 Å². The molecule has 0 saturated heterocycles. The quantitative estimate of drug-likeness (QED) is 0.168. The lowest BCUT2D eigenvalue weighted by atomic mass is 9.94. The first-order chi connectivity index (χ1) is 26.7. The smallest absolute Gasteiger partial charge is 0.137 e. The summed E-state index contributed by atoms with van der Waals surface area (Å²) in [5.74, 6) is 0. The molecule has 0 unspecified atom stereocenters. The molecule has 10 aromatic carbocycles. The van der Waals surface area contributed by atoms with Crippen molar-refractivity contribution in [3.05, 3.63) is 200 Å². The predicted octanol–water partition coefficient (Wildman–Crippen LogP) is 15.0. The second-order valence-corrected chi connectivity index (χ2v) is 14.2. The minimum Gasteiger partial charge on any atom is -0.456 e. The van der Waals surface area contributed by atoms with Crippen LogP contribution in [0.3, 0.4) is 0 Å². The number of rotatable bonds is 5. The van der Waals surface area contributed by atoms with Gasteiger partial charge in [0, 0.05) is 33.9 Å². The summed E-state index contributed by atoms with van der Waals surface area (Å²) in [4.78, 5) is 2.32. The summed E-state index contributed by atoms with van der Waals surface area (Å²) in [6, 6.07) is 72.3. The Balaban J connectivity index is 1.01. The van der Waals surface area contributed by atoms with E-state index >= 15 is 0 Å². The zero-order valence-corrected chi connectivity index (χ0v) is 29.4. The summed E-state index contributed by atoms with van der Waals surface area (Å²) in [5.41, 5.74) is 9.73. The van der Waals surface area contributed by atoms with Gasteiger partial charge in [0.25, 0.3) is 0 Å². The van der Waals surface area contributed by atoms with E-state index in [0.717, 1.165) is 39.0 Å². The number of benzene rings is 10. The lowest BCUT2D eigenvalue weighted by Crippen LogP contribution is -2.09. The minimum atomic E-state index is 0.872. The van der Waals surface area contributed by atoms with Gasteiger partial charge in [0.15, 0.2) is 0 Å². The van der Waals surface area contributed by atoms with Crippen LogP contribution in [0.4, 0.5) is 17.1 Å². The third kappa shape index (κ3) is 5.03. The molecule has 0 radical (unpaired) electrons. The summed E-state index contributed by atoms with van der Waals surface area (Å²) in [6.45, 7) is 0. The Morgan fingerprint density at radius 1 is 0.278 bits per heavy atom. The Hall–Kier alpha value is -7.16. The molecule has 0 amide bonds. The van der Waals surface area contributed by atoms with Crippen LogP contribution in [0.15, 0.2) is 205 Å². The average molecular weight is 688 g/mol. The number of anilines is 3. The van der Waals surface area contributed by atoms with Crippen molar-refractivity contribution in [1.82, 2.24) is 0 Å². The van der Waals surface area contributed by atoms with Crippen molar-refractivity contribution in [2.75, 3.05) is 4.90 Å². The third-order valence-corrected chi connectivity index (χ3v) is 11.0. The van der Waals surface area contributed by atoms with E-state index in [1.165, 1.54) is 65.3 Å². The molecule has 0 bridgehead atoms. The second kappa shape index (κ2) is 12.2. The van der Waals surface area contributed by atoms with Crippen molar-refractivity contribution in [3.8, 4) is 22.3 Å². The highest BCUT2D eigenvalue weighted by molar-refractivity contribution is 6.20. The van der Waals surface area contributed by atoms with Crippen LogP contribution in [0.25, 0.3) is 87.3 Å².